The quantitative estimate of drug-likeness (QED) is 0.804. The molecule has 3 N–H and O–H groups in total. The maximum Gasteiger partial charge on any atom is 0.320 e. The minimum atomic E-state index is -1.03. The van der Waals surface area contributed by atoms with E-state index < -0.39 is 12.0 Å². The Hall–Kier alpha value is -1.07. The van der Waals surface area contributed by atoms with Crippen LogP contribution >= 0.6 is 11.6 Å². The number of carboxylic acids is 1. The van der Waals surface area contributed by atoms with Crippen molar-refractivity contribution in [3.05, 3.63) is 16.4 Å². The maximum atomic E-state index is 10.6. The van der Waals surface area contributed by atoms with Gasteiger partial charge in [0, 0.05) is 13.0 Å². The number of nitrogens with two attached hydrogens (primary N) is 1. The molecule has 1 rings (SSSR count). The van der Waals surface area contributed by atoms with Crippen LogP contribution in [0.25, 0.3) is 0 Å². The average Bonchev–Trinajstić information content (AvgIpc) is 2.45. The van der Waals surface area contributed by atoms with Crippen LogP contribution in [-0.4, -0.2) is 26.9 Å². The van der Waals surface area contributed by atoms with Gasteiger partial charge < -0.3 is 10.8 Å². The number of hydrogen-bond donors (Lipinski definition) is 2. The van der Waals surface area contributed by atoms with Gasteiger partial charge in [0.25, 0.3) is 0 Å². The lowest BCUT2D eigenvalue weighted by atomic mass is 10.1. The molecule has 1 aromatic heterocycles. The minimum absolute atomic E-state index is 0.197. The van der Waals surface area contributed by atoms with Crippen molar-refractivity contribution in [3.8, 4) is 0 Å². The Bertz CT molecular complexity index is 376. The average molecular weight is 232 g/mol. The third-order valence-corrected chi connectivity index (χ3v) is 2.67. The molecule has 0 bridgehead atoms. The van der Waals surface area contributed by atoms with E-state index in [4.69, 9.17) is 22.4 Å². The monoisotopic (exact) mass is 231 g/mol. The van der Waals surface area contributed by atoms with Crippen molar-refractivity contribution in [2.45, 2.75) is 32.9 Å². The van der Waals surface area contributed by atoms with E-state index in [0.29, 0.717) is 23.0 Å². The summed E-state index contributed by atoms with van der Waals surface area (Å²) < 4.78 is 1.68. The number of nitrogens with zero attached hydrogens (tertiary/aromatic N) is 2. The second kappa shape index (κ2) is 4.63. The summed E-state index contributed by atoms with van der Waals surface area (Å²) in [6, 6.07) is -0.941. The highest BCUT2D eigenvalue weighted by atomic mass is 35.5. The van der Waals surface area contributed by atoms with Gasteiger partial charge >= 0.3 is 5.97 Å². The van der Waals surface area contributed by atoms with E-state index in [2.05, 4.69) is 5.10 Å². The number of halogens is 1. The first-order valence-electron chi connectivity index (χ1n) is 4.67. The zero-order valence-corrected chi connectivity index (χ0v) is 9.45. The number of carbonyl (C=O) groups is 1. The predicted octanol–water partition coefficient (Wildman–Crippen LogP) is 0.819. The number of rotatable bonds is 4. The molecular weight excluding hydrogens is 218 g/mol. The molecule has 1 heterocycles. The lowest BCUT2D eigenvalue weighted by Crippen LogP contribution is -2.33. The molecule has 0 saturated heterocycles. The first-order chi connectivity index (χ1) is 6.97. The predicted molar refractivity (Wildman–Crippen MR) is 57.0 cm³/mol. The Labute approximate surface area is 92.8 Å². The van der Waals surface area contributed by atoms with Crippen LogP contribution in [0.15, 0.2) is 0 Å². The highest BCUT2D eigenvalue weighted by molar-refractivity contribution is 6.31. The molecule has 1 aromatic rings. The fraction of sp³-hybridized carbons (Fsp3) is 0.556. The largest absolute Gasteiger partial charge is 0.480 e. The summed E-state index contributed by atoms with van der Waals surface area (Å²) in [6.45, 7) is 4.35. The lowest BCUT2D eigenvalue weighted by molar-refractivity contribution is -0.138. The van der Waals surface area contributed by atoms with Crippen LogP contribution in [0.1, 0.15) is 18.3 Å². The van der Waals surface area contributed by atoms with E-state index in [0.717, 1.165) is 0 Å². The van der Waals surface area contributed by atoms with Crippen LogP contribution < -0.4 is 5.73 Å². The topological polar surface area (TPSA) is 81.1 Å². The molecule has 0 aliphatic heterocycles. The number of hydrogen-bond acceptors (Lipinski definition) is 3. The first kappa shape index (κ1) is 12.0. The second-order valence-electron chi connectivity index (χ2n) is 3.31. The first-order valence-corrected chi connectivity index (χ1v) is 5.05. The number of aromatic nitrogens is 2. The van der Waals surface area contributed by atoms with Gasteiger partial charge in [0.15, 0.2) is 0 Å². The number of aryl methyl sites for hydroxylation is 2. The molecule has 0 spiro atoms. The van der Waals surface area contributed by atoms with Crippen LogP contribution in [0, 0.1) is 6.92 Å². The second-order valence-corrected chi connectivity index (χ2v) is 3.69. The molecule has 0 saturated carbocycles. The molecule has 5 nitrogen and oxygen atoms in total. The fourth-order valence-electron chi connectivity index (χ4n) is 1.36. The molecule has 0 radical (unpaired) electrons. The van der Waals surface area contributed by atoms with Crippen molar-refractivity contribution in [1.29, 1.82) is 0 Å². The Kier molecular flexibility index (Phi) is 3.71. The molecule has 0 aromatic carbocycles. The van der Waals surface area contributed by atoms with Gasteiger partial charge in [-0.1, -0.05) is 11.6 Å². The van der Waals surface area contributed by atoms with Gasteiger partial charge in [0.1, 0.15) is 6.04 Å². The van der Waals surface area contributed by atoms with Gasteiger partial charge in [-0.2, -0.15) is 5.10 Å². The van der Waals surface area contributed by atoms with Gasteiger partial charge in [-0.05, 0) is 13.8 Å². The molecule has 0 unspecified atom stereocenters. The zero-order valence-electron chi connectivity index (χ0n) is 8.70. The van der Waals surface area contributed by atoms with E-state index in [1.807, 2.05) is 6.92 Å². The van der Waals surface area contributed by atoms with E-state index in [-0.39, 0.29) is 6.42 Å². The molecule has 0 aliphatic carbocycles. The summed E-state index contributed by atoms with van der Waals surface area (Å²) in [5, 5.41) is 13.4. The van der Waals surface area contributed by atoms with Crippen LogP contribution in [-0.2, 0) is 17.8 Å². The molecule has 6 heteroatoms. The Balaban J connectivity index is 2.97. The van der Waals surface area contributed by atoms with Crippen molar-refractivity contribution in [2.24, 2.45) is 5.73 Å². The number of carboxylic acid groups (broad SMARTS) is 1. The summed E-state index contributed by atoms with van der Waals surface area (Å²) in [7, 11) is 0. The van der Waals surface area contributed by atoms with Crippen molar-refractivity contribution in [1.82, 2.24) is 9.78 Å². The van der Waals surface area contributed by atoms with Crippen molar-refractivity contribution < 1.29 is 9.90 Å². The third kappa shape index (κ3) is 2.49. The third-order valence-electron chi connectivity index (χ3n) is 2.18. The van der Waals surface area contributed by atoms with Crippen LogP contribution in [0.2, 0.25) is 5.02 Å². The maximum absolute atomic E-state index is 10.6. The van der Waals surface area contributed by atoms with Crippen molar-refractivity contribution >= 4 is 17.6 Å². The highest BCUT2D eigenvalue weighted by Gasteiger charge is 2.19. The fourth-order valence-corrected chi connectivity index (χ4v) is 1.57. The Morgan fingerprint density at radius 1 is 1.73 bits per heavy atom. The molecule has 84 valence electrons. The standard InChI is InChI=1S/C9H14ClN3O2/c1-3-13-7(4-6(11)9(14)15)8(10)5(2)12-13/h6H,3-4,11H2,1-2H3,(H,14,15)/t6-/m0/s1. The van der Waals surface area contributed by atoms with E-state index >= 15 is 0 Å². The summed E-state index contributed by atoms with van der Waals surface area (Å²) >= 11 is 6.01. The minimum Gasteiger partial charge on any atom is -0.480 e. The van der Waals surface area contributed by atoms with E-state index in [9.17, 15) is 4.79 Å². The lowest BCUT2D eigenvalue weighted by Gasteiger charge is -2.08. The summed E-state index contributed by atoms with van der Waals surface area (Å²) in [5.74, 6) is -1.03. The zero-order chi connectivity index (χ0) is 11.6. The van der Waals surface area contributed by atoms with Gasteiger partial charge in [-0.15, -0.1) is 0 Å². The van der Waals surface area contributed by atoms with Gasteiger partial charge in [0.05, 0.1) is 16.4 Å². The smallest absolute Gasteiger partial charge is 0.320 e. The molecule has 15 heavy (non-hydrogen) atoms. The van der Waals surface area contributed by atoms with Crippen molar-refractivity contribution in [3.63, 3.8) is 0 Å². The summed E-state index contributed by atoms with van der Waals surface area (Å²) in [4.78, 5) is 10.6. The van der Waals surface area contributed by atoms with E-state index in [1.165, 1.54) is 0 Å². The van der Waals surface area contributed by atoms with Crippen LogP contribution in [0.3, 0.4) is 0 Å². The summed E-state index contributed by atoms with van der Waals surface area (Å²) in [6.07, 6.45) is 0.197. The summed E-state index contributed by atoms with van der Waals surface area (Å²) in [5.41, 5.74) is 6.84. The molecule has 0 aliphatic rings. The van der Waals surface area contributed by atoms with Crippen molar-refractivity contribution in [2.75, 3.05) is 0 Å². The van der Waals surface area contributed by atoms with Crippen LogP contribution in [0.4, 0.5) is 0 Å². The molecular formula is C9H14ClN3O2. The molecule has 1 atom stereocenters. The normalized spacial score (nSPS) is 12.8. The Morgan fingerprint density at radius 2 is 2.33 bits per heavy atom. The molecule has 0 fully saturated rings. The van der Waals surface area contributed by atoms with Gasteiger partial charge in [-0.25, -0.2) is 0 Å². The molecule has 0 amide bonds. The van der Waals surface area contributed by atoms with Gasteiger partial charge in [-0.3, -0.25) is 9.48 Å². The Morgan fingerprint density at radius 3 is 2.80 bits per heavy atom. The SMILES string of the molecule is CCn1nc(C)c(Cl)c1C[C@H](N)C(=O)O. The number of aliphatic carboxylic acids is 1. The van der Waals surface area contributed by atoms with E-state index in [1.54, 1.807) is 11.6 Å². The highest BCUT2D eigenvalue weighted by Crippen LogP contribution is 2.21. The van der Waals surface area contributed by atoms with Crippen LogP contribution in [0.5, 0.6) is 0 Å². The van der Waals surface area contributed by atoms with Gasteiger partial charge in [0.2, 0.25) is 0 Å².